The molecule has 2 aromatic carbocycles. The molecule has 1 unspecified atom stereocenters. The summed E-state index contributed by atoms with van der Waals surface area (Å²) >= 11 is 0. The number of hydrogen-bond acceptors (Lipinski definition) is 4. The van der Waals surface area contributed by atoms with Crippen molar-refractivity contribution in [2.75, 3.05) is 34.4 Å². The second-order valence-electron chi connectivity index (χ2n) is 6.34. The van der Waals surface area contributed by atoms with Gasteiger partial charge in [0, 0.05) is 12.1 Å². The Morgan fingerprint density at radius 1 is 1.14 bits per heavy atom. The van der Waals surface area contributed by atoms with Gasteiger partial charge in [0.25, 0.3) is 5.91 Å². The first-order valence-electron chi connectivity index (χ1n) is 8.58. The molecule has 5 nitrogen and oxygen atoms in total. The number of amides is 1. The molecule has 2 aromatic rings. The van der Waals surface area contributed by atoms with E-state index in [1.807, 2.05) is 43.3 Å². The van der Waals surface area contributed by atoms with Crippen molar-refractivity contribution < 1.29 is 27.4 Å². The average Bonchev–Trinajstić information content (AvgIpc) is 2.66. The minimum absolute atomic E-state index is 0.0149. The summed E-state index contributed by atoms with van der Waals surface area (Å²) in [6, 6.07) is 11.8. The van der Waals surface area contributed by atoms with Gasteiger partial charge in [-0.3, -0.25) is 4.79 Å². The molecule has 2 rings (SSSR count). The number of carbonyl (C=O) groups is 1. The minimum Gasteiger partial charge on any atom is -0.496 e. The molecule has 0 saturated heterocycles. The number of rotatable bonds is 8. The number of para-hydroxylation sites is 1. The molecule has 8 heteroatoms. The van der Waals surface area contributed by atoms with Crippen LogP contribution < -0.4 is 14.8 Å². The standard InChI is InChI=1S/C20H23F3N2O3/c1-25(2)17(16-9-4-5-10-18(16)27-3)12-24-19(26)13-28-15-8-6-7-14(11-15)20(21,22)23/h4-11,17H,12-13H2,1-3H3,(H,24,26). The average molecular weight is 396 g/mol. The van der Waals surface area contributed by atoms with Crippen molar-refractivity contribution in [3.05, 3.63) is 59.7 Å². The number of alkyl halides is 3. The molecule has 0 aliphatic heterocycles. The molecular weight excluding hydrogens is 373 g/mol. The highest BCUT2D eigenvalue weighted by atomic mass is 19.4. The van der Waals surface area contributed by atoms with Crippen LogP contribution in [0.15, 0.2) is 48.5 Å². The van der Waals surface area contributed by atoms with E-state index >= 15 is 0 Å². The first-order valence-corrected chi connectivity index (χ1v) is 8.58. The van der Waals surface area contributed by atoms with E-state index < -0.39 is 17.6 Å². The highest BCUT2D eigenvalue weighted by molar-refractivity contribution is 5.77. The van der Waals surface area contributed by atoms with Gasteiger partial charge in [-0.25, -0.2) is 0 Å². The first kappa shape index (κ1) is 21.6. The fraction of sp³-hybridized carbons (Fsp3) is 0.350. The smallest absolute Gasteiger partial charge is 0.416 e. The van der Waals surface area contributed by atoms with Crippen LogP contribution in [-0.4, -0.2) is 45.2 Å². The van der Waals surface area contributed by atoms with Crippen molar-refractivity contribution in [1.82, 2.24) is 10.2 Å². The van der Waals surface area contributed by atoms with Gasteiger partial charge < -0.3 is 19.7 Å². The van der Waals surface area contributed by atoms with Crippen LogP contribution in [0.1, 0.15) is 17.2 Å². The molecule has 0 aliphatic carbocycles. The zero-order chi connectivity index (χ0) is 20.7. The van der Waals surface area contributed by atoms with Gasteiger partial charge in [0.2, 0.25) is 0 Å². The summed E-state index contributed by atoms with van der Waals surface area (Å²) in [7, 11) is 5.33. The lowest BCUT2D eigenvalue weighted by molar-refractivity contribution is -0.137. The Morgan fingerprint density at radius 3 is 2.50 bits per heavy atom. The van der Waals surface area contributed by atoms with Crippen molar-refractivity contribution in [2.24, 2.45) is 0 Å². The van der Waals surface area contributed by atoms with Gasteiger partial charge in [-0.2, -0.15) is 13.2 Å². The summed E-state index contributed by atoms with van der Waals surface area (Å²) in [5.41, 5.74) is 0.0864. The third-order valence-corrected chi connectivity index (χ3v) is 4.15. The highest BCUT2D eigenvalue weighted by Crippen LogP contribution is 2.31. The Morgan fingerprint density at radius 2 is 1.86 bits per heavy atom. The van der Waals surface area contributed by atoms with Gasteiger partial charge in [-0.15, -0.1) is 0 Å². The number of ether oxygens (including phenoxy) is 2. The van der Waals surface area contributed by atoms with Gasteiger partial charge in [-0.05, 0) is 38.4 Å². The second kappa shape index (κ2) is 9.45. The van der Waals surface area contributed by atoms with Crippen LogP contribution in [0.25, 0.3) is 0 Å². The molecule has 0 aliphatic rings. The van der Waals surface area contributed by atoms with E-state index in [0.717, 1.165) is 17.7 Å². The zero-order valence-corrected chi connectivity index (χ0v) is 15.9. The Hall–Kier alpha value is -2.74. The molecular formula is C20H23F3N2O3. The van der Waals surface area contributed by atoms with Gasteiger partial charge in [-0.1, -0.05) is 24.3 Å². The van der Waals surface area contributed by atoms with E-state index in [1.165, 1.54) is 12.1 Å². The molecule has 152 valence electrons. The maximum atomic E-state index is 12.7. The Bertz CT molecular complexity index is 794. The van der Waals surface area contributed by atoms with Crippen molar-refractivity contribution in [3.8, 4) is 11.5 Å². The van der Waals surface area contributed by atoms with Gasteiger partial charge in [0.15, 0.2) is 6.61 Å². The van der Waals surface area contributed by atoms with Crippen LogP contribution in [0.3, 0.4) is 0 Å². The molecule has 1 amide bonds. The zero-order valence-electron chi connectivity index (χ0n) is 15.9. The van der Waals surface area contributed by atoms with E-state index in [4.69, 9.17) is 9.47 Å². The molecule has 0 aromatic heterocycles. The lowest BCUT2D eigenvalue weighted by atomic mass is 10.0. The molecule has 0 spiro atoms. The predicted octanol–water partition coefficient (Wildman–Crippen LogP) is 3.51. The molecule has 0 radical (unpaired) electrons. The minimum atomic E-state index is -4.46. The summed E-state index contributed by atoms with van der Waals surface area (Å²) in [5, 5.41) is 2.75. The van der Waals surface area contributed by atoms with Crippen LogP contribution in [0.5, 0.6) is 11.5 Å². The van der Waals surface area contributed by atoms with E-state index in [9.17, 15) is 18.0 Å². The van der Waals surface area contributed by atoms with Crippen LogP contribution in [0.2, 0.25) is 0 Å². The topological polar surface area (TPSA) is 50.8 Å². The fourth-order valence-electron chi connectivity index (χ4n) is 2.69. The third-order valence-electron chi connectivity index (χ3n) is 4.15. The second-order valence-corrected chi connectivity index (χ2v) is 6.34. The number of methoxy groups -OCH3 is 1. The van der Waals surface area contributed by atoms with E-state index in [-0.39, 0.29) is 24.9 Å². The lowest BCUT2D eigenvalue weighted by Gasteiger charge is -2.26. The fourth-order valence-corrected chi connectivity index (χ4v) is 2.69. The van der Waals surface area contributed by atoms with Crippen molar-refractivity contribution in [1.29, 1.82) is 0 Å². The highest BCUT2D eigenvalue weighted by Gasteiger charge is 2.30. The van der Waals surface area contributed by atoms with Gasteiger partial charge in [0.05, 0.1) is 18.7 Å². The SMILES string of the molecule is COc1ccccc1C(CNC(=O)COc1cccc(C(F)(F)F)c1)N(C)C. The third kappa shape index (κ3) is 5.88. The van der Waals surface area contributed by atoms with Gasteiger partial charge in [0.1, 0.15) is 11.5 Å². The van der Waals surface area contributed by atoms with Crippen molar-refractivity contribution >= 4 is 5.91 Å². The Labute approximate surface area is 162 Å². The number of benzene rings is 2. The molecule has 0 saturated carbocycles. The molecule has 0 bridgehead atoms. The maximum Gasteiger partial charge on any atom is 0.416 e. The number of carbonyl (C=O) groups excluding carboxylic acids is 1. The first-order chi connectivity index (χ1) is 13.2. The summed E-state index contributed by atoms with van der Waals surface area (Å²) in [6.45, 7) is -0.0917. The number of nitrogens with zero attached hydrogens (tertiary/aromatic N) is 1. The monoisotopic (exact) mass is 396 g/mol. The largest absolute Gasteiger partial charge is 0.496 e. The van der Waals surface area contributed by atoms with E-state index in [0.29, 0.717) is 5.75 Å². The van der Waals surface area contributed by atoms with Crippen molar-refractivity contribution in [2.45, 2.75) is 12.2 Å². The lowest BCUT2D eigenvalue weighted by Crippen LogP contribution is -2.37. The van der Waals surface area contributed by atoms with E-state index in [1.54, 1.807) is 7.11 Å². The molecule has 1 N–H and O–H groups in total. The quantitative estimate of drug-likeness (QED) is 0.742. The maximum absolute atomic E-state index is 12.7. The van der Waals surface area contributed by atoms with Crippen LogP contribution in [0, 0.1) is 0 Å². The number of hydrogen-bond donors (Lipinski definition) is 1. The molecule has 1 atom stereocenters. The van der Waals surface area contributed by atoms with Crippen molar-refractivity contribution in [3.63, 3.8) is 0 Å². The van der Waals surface area contributed by atoms with Gasteiger partial charge >= 0.3 is 6.18 Å². The number of halogens is 3. The Kier molecular flexibility index (Phi) is 7.28. The van der Waals surface area contributed by atoms with E-state index in [2.05, 4.69) is 5.32 Å². The summed E-state index contributed by atoms with van der Waals surface area (Å²) in [5.74, 6) is 0.258. The molecule has 0 fully saturated rings. The van der Waals surface area contributed by atoms with Crippen LogP contribution >= 0.6 is 0 Å². The molecule has 28 heavy (non-hydrogen) atoms. The number of nitrogens with one attached hydrogen (secondary N) is 1. The predicted molar refractivity (Wildman–Crippen MR) is 99.4 cm³/mol. The summed E-state index contributed by atoms with van der Waals surface area (Å²) in [4.78, 5) is 14.0. The van der Waals surface area contributed by atoms with Crippen LogP contribution in [-0.2, 0) is 11.0 Å². The normalized spacial score (nSPS) is 12.5. The van der Waals surface area contributed by atoms with Crippen LogP contribution in [0.4, 0.5) is 13.2 Å². The summed E-state index contributed by atoms with van der Waals surface area (Å²) < 4.78 is 48.7. The Balaban J connectivity index is 1.95. The number of likely N-dealkylation sites (N-methyl/N-ethyl adjacent to an activating group) is 1. The summed E-state index contributed by atoms with van der Waals surface area (Å²) in [6.07, 6.45) is -4.46. The molecule has 0 heterocycles.